The van der Waals surface area contributed by atoms with E-state index in [9.17, 15) is 43.5 Å². The molecule has 0 bridgehead atoms. The molecule has 0 aliphatic carbocycles. The lowest BCUT2D eigenvalue weighted by Gasteiger charge is -2.25. The van der Waals surface area contributed by atoms with Crippen LogP contribution in [-0.4, -0.2) is 129 Å². The second kappa shape index (κ2) is 27.2. The number of nitrogens with zero attached hydrogens (tertiary/aromatic N) is 5. The van der Waals surface area contributed by atoms with Crippen molar-refractivity contribution in [3.05, 3.63) is 108 Å². The molecule has 1 aromatic heterocycles. The van der Waals surface area contributed by atoms with Crippen LogP contribution >= 0.6 is 0 Å². The van der Waals surface area contributed by atoms with Crippen molar-refractivity contribution in [2.45, 2.75) is 104 Å². The van der Waals surface area contributed by atoms with E-state index in [4.69, 9.17) is 15.2 Å². The smallest absolute Gasteiger partial charge is 0.410 e. The van der Waals surface area contributed by atoms with Gasteiger partial charge in [-0.25, -0.2) is 14.0 Å². The number of carbonyl (C=O) groups is 8. The molecule has 75 heavy (non-hydrogen) atoms. The molecule has 0 radical (unpaired) electrons. The van der Waals surface area contributed by atoms with Crippen LogP contribution in [0.15, 0.2) is 85.1 Å². The Kier molecular flexibility index (Phi) is 20.3. The Labute approximate surface area is 432 Å². The highest BCUT2D eigenvalue weighted by molar-refractivity contribution is 6.12. The molecule has 3 heterocycles. The van der Waals surface area contributed by atoms with Gasteiger partial charge in [0.15, 0.2) is 0 Å². The standard InChI is InChI=1S/C51H63FN12O11/c1-31(2)46(59-43(66)9-5-4-6-23-63-44(67)20-21-45(63)68)48(70)58-42(8-7-22-54-49(53)71)47(69)57-36-16-12-34(13-17-36)30-74-50(72)62(28-37-25-56-61-60-37)27-33-10-14-35(15-11-33)40-19-18-38(24-41(40)52)64-29-39(75-51(64)73)26-55-32(3)65/h10-21,24-25,31,39,42,46,51,73H,4-9,22-23,26-30H2,1-3H3,(H,55,65)(H,57,69)(H,58,70)(H,59,66)(H3,53,54,71)(H,56,60,61)/t39-,42-,46-,51?/m0/s1. The highest BCUT2D eigenvalue weighted by Crippen LogP contribution is 2.30. The fourth-order valence-electron chi connectivity index (χ4n) is 8.17. The van der Waals surface area contributed by atoms with Crippen molar-refractivity contribution in [3.63, 3.8) is 0 Å². The number of ether oxygens (including phenoxy) is 2. The zero-order chi connectivity index (χ0) is 54.0. The number of anilines is 2. The number of H-pyrrole nitrogens is 1. The largest absolute Gasteiger partial charge is 0.445 e. The molecule has 9 amide bonds. The van der Waals surface area contributed by atoms with Gasteiger partial charge in [-0.2, -0.15) is 15.4 Å². The molecule has 400 valence electrons. The molecular weight excluding hydrogens is 976 g/mol. The Morgan fingerprint density at radius 2 is 1.63 bits per heavy atom. The summed E-state index contributed by atoms with van der Waals surface area (Å²) < 4.78 is 26.8. The zero-order valence-electron chi connectivity index (χ0n) is 41.9. The number of aromatic amines is 1. The lowest BCUT2D eigenvalue weighted by atomic mass is 10.0. The molecule has 24 heteroatoms. The molecule has 4 aromatic rings. The molecule has 1 saturated heterocycles. The van der Waals surface area contributed by atoms with Gasteiger partial charge >= 0.3 is 12.1 Å². The van der Waals surface area contributed by atoms with Gasteiger partial charge in [0, 0.05) is 68.6 Å². The van der Waals surface area contributed by atoms with Crippen molar-refractivity contribution in [1.82, 2.24) is 46.5 Å². The molecule has 0 spiro atoms. The van der Waals surface area contributed by atoms with Crippen LogP contribution < -0.4 is 37.2 Å². The SMILES string of the molecule is CC(=O)NC[C@H]1CN(c2ccc(-c3ccc(CN(Cc4cn[nH]n4)C(=O)OCc4ccc(NC(=O)[C@H](CCCNC(N)=O)NC(=O)[C@@H](NC(=O)CCCCCN5C(=O)C=CC5=O)C(C)C)cc4)cc3)c(F)c2)C(O)O1. The number of amides is 9. The number of halogens is 1. The number of carbonyl (C=O) groups excluding carboxylic acids is 8. The van der Waals surface area contributed by atoms with Crippen molar-refractivity contribution in [2.75, 3.05) is 36.4 Å². The Balaban J connectivity index is 1.01. The number of hydrogen-bond acceptors (Lipinski definition) is 14. The molecule has 2 aliphatic rings. The summed E-state index contributed by atoms with van der Waals surface area (Å²) in [6.45, 7) is 5.71. The fourth-order valence-corrected chi connectivity index (χ4v) is 8.17. The van der Waals surface area contributed by atoms with E-state index in [-0.39, 0.29) is 94.7 Å². The van der Waals surface area contributed by atoms with Crippen LogP contribution in [-0.2, 0) is 57.9 Å². The van der Waals surface area contributed by atoms with Gasteiger partial charge in [-0.15, -0.1) is 0 Å². The summed E-state index contributed by atoms with van der Waals surface area (Å²) in [6.07, 6.45) is 3.48. The van der Waals surface area contributed by atoms with E-state index in [2.05, 4.69) is 42.0 Å². The molecule has 9 N–H and O–H groups in total. The number of nitrogens with one attached hydrogen (secondary N) is 6. The molecule has 4 atom stereocenters. The van der Waals surface area contributed by atoms with E-state index in [1.165, 1.54) is 41.1 Å². The van der Waals surface area contributed by atoms with Gasteiger partial charge in [-0.05, 0) is 78.6 Å². The van der Waals surface area contributed by atoms with Crippen LogP contribution in [0.4, 0.5) is 25.4 Å². The number of unbranched alkanes of at least 4 members (excludes halogenated alkanes) is 2. The first-order chi connectivity index (χ1) is 35.9. The summed E-state index contributed by atoms with van der Waals surface area (Å²) in [6, 6.07) is 15.2. The van der Waals surface area contributed by atoms with Gasteiger partial charge in [0.1, 0.15) is 30.2 Å². The van der Waals surface area contributed by atoms with Crippen molar-refractivity contribution in [2.24, 2.45) is 11.7 Å². The number of nitrogens with two attached hydrogens (primary N) is 1. The lowest BCUT2D eigenvalue weighted by Crippen LogP contribution is -2.54. The maximum atomic E-state index is 15.5. The minimum absolute atomic E-state index is 0.0452. The van der Waals surface area contributed by atoms with E-state index >= 15 is 4.39 Å². The van der Waals surface area contributed by atoms with Gasteiger partial charge in [0.05, 0.1) is 25.4 Å². The number of aliphatic hydroxyl groups is 1. The average Bonchev–Trinajstić information content (AvgIpc) is 4.12. The monoisotopic (exact) mass is 1040 g/mol. The maximum Gasteiger partial charge on any atom is 0.410 e. The normalized spacial score (nSPS) is 15.9. The van der Waals surface area contributed by atoms with Crippen molar-refractivity contribution in [1.29, 1.82) is 0 Å². The molecule has 6 rings (SSSR count). The Morgan fingerprint density at radius 3 is 2.28 bits per heavy atom. The van der Waals surface area contributed by atoms with Crippen molar-refractivity contribution < 1.29 is 57.3 Å². The highest BCUT2D eigenvalue weighted by Gasteiger charge is 2.33. The summed E-state index contributed by atoms with van der Waals surface area (Å²) in [5.74, 6) is -3.38. The van der Waals surface area contributed by atoms with E-state index in [1.54, 1.807) is 74.5 Å². The third kappa shape index (κ3) is 16.9. The maximum absolute atomic E-state index is 15.5. The summed E-state index contributed by atoms with van der Waals surface area (Å²) >= 11 is 0. The fraction of sp³-hybridized carbons (Fsp3) is 0.412. The molecule has 23 nitrogen and oxygen atoms in total. The van der Waals surface area contributed by atoms with Crippen LogP contribution in [0.2, 0.25) is 0 Å². The van der Waals surface area contributed by atoms with Crippen LogP contribution in [0.1, 0.15) is 76.1 Å². The Hall–Kier alpha value is -8.25. The third-order valence-corrected chi connectivity index (χ3v) is 12.2. The number of aromatic nitrogens is 3. The number of aliphatic hydroxyl groups excluding tert-OH is 1. The number of benzene rings is 3. The topological polar surface area (TPSA) is 313 Å². The molecule has 2 aliphatic heterocycles. The van der Waals surface area contributed by atoms with Gasteiger partial charge in [-0.1, -0.05) is 56.7 Å². The van der Waals surface area contributed by atoms with Crippen LogP contribution in [0.25, 0.3) is 11.1 Å². The minimum Gasteiger partial charge on any atom is -0.445 e. The molecule has 0 saturated carbocycles. The zero-order valence-corrected chi connectivity index (χ0v) is 41.9. The highest BCUT2D eigenvalue weighted by atomic mass is 19.1. The van der Waals surface area contributed by atoms with E-state index in [1.807, 2.05) is 0 Å². The van der Waals surface area contributed by atoms with Gasteiger partial charge in [0.25, 0.3) is 11.8 Å². The minimum atomic E-state index is -1.31. The molecule has 3 aromatic carbocycles. The quantitative estimate of drug-likeness (QED) is 0.0331. The first-order valence-electron chi connectivity index (χ1n) is 24.5. The summed E-state index contributed by atoms with van der Waals surface area (Å²) in [5, 5.41) is 34.3. The average molecular weight is 1040 g/mol. The van der Waals surface area contributed by atoms with Crippen molar-refractivity contribution in [3.8, 4) is 11.1 Å². The van der Waals surface area contributed by atoms with Gasteiger partial charge in [0.2, 0.25) is 30.0 Å². The first-order valence-corrected chi connectivity index (χ1v) is 24.5. The van der Waals surface area contributed by atoms with Crippen molar-refractivity contribution >= 4 is 58.9 Å². The number of primary amides is 1. The van der Waals surface area contributed by atoms with Crippen LogP contribution in [0, 0.1) is 11.7 Å². The Morgan fingerprint density at radius 1 is 0.907 bits per heavy atom. The number of urea groups is 1. The molecule has 1 fully saturated rings. The summed E-state index contributed by atoms with van der Waals surface area (Å²) in [7, 11) is 0. The second-order valence-electron chi connectivity index (χ2n) is 18.3. The Bertz CT molecular complexity index is 2650. The summed E-state index contributed by atoms with van der Waals surface area (Å²) in [5.41, 5.74) is 8.63. The third-order valence-electron chi connectivity index (χ3n) is 12.2. The first kappa shape index (κ1) is 56.1. The van der Waals surface area contributed by atoms with E-state index in [0.717, 1.165) is 4.90 Å². The predicted octanol–water partition coefficient (Wildman–Crippen LogP) is 3.07. The number of hydrogen-bond donors (Lipinski definition) is 8. The summed E-state index contributed by atoms with van der Waals surface area (Å²) in [4.78, 5) is 104. The van der Waals surface area contributed by atoms with Crippen LogP contribution in [0.5, 0.6) is 0 Å². The lowest BCUT2D eigenvalue weighted by molar-refractivity contribution is -0.137. The van der Waals surface area contributed by atoms with Gasteiger partial charge < -0.3 is 51.8 Å². The number of imide groups is 1. The van der Waals surface area contributed by atoms with E-state index < -0.39 is 54.4 Å². The second-order valence-corrected chi connectivity index (χ2v) is 18.3. The van der Waals surface area contributed by atoms with E-state index in [0.29, 0.717) is 58.6 Å². The molecule has 1 unspecified atom stereocenters. The van der Waals surface area contributed by atoms with Gasteiger partial charge in [-0.3, -0.25) is 38.6 Å². The number of rotatable bonds is 26. The van der Waals surface area contributed by atoms with Crippen LogP contribution in [0.3, 0.4) is 0 Å². The molecular formula is C51H63FN12O11. The predicted molar refractivity (Wildman–Crippen MR) is 269 cm³/mol.